The second-order valence-electron chi connectivity index (χ2n) is 6.72. The molecule has 2 aromatic carbocycles. The van der Waals surface area contributed by atoms with E-state index in [0.717, 1.165) is 41.3 Å². The molecule has 5 nitrogen and oxygen atoms in total. The van der Waals surface area contributed by atoms with Crippen LogP contribution in [0.1, 0.15) is 39.8 Å². The van der Waals surface area contributed by atoms with Gasteiger partial charge in [0.2, 0.25) is 0 Å². The van der Waals surface area contributed by atoms with Crippen molar-refractivity contribution in [3.8, 4) is 0 Å². The number of carbonyl (C=O) groups is 1. The van der Waals surface area contributed by atoms with Gasteiger partial charge in [0.1, 0.15) is 0 Å². The summed E-state index contributed by atoms with van der Waals surface area (Å²) in [5.74, 6) is -0.103. The molecule has 0 bridgehead atoms. The van der Waals surface area contributed by atoms with Gasteiger partial charge in [-0.1, -0.05) is 31.2 Å². The first-order valence-corrected chi connectivity index (χ1v) is 9.26. The Morgan fingerprint density at radius 2 is 1.81 bits per heavy atom. The monoisotopic (exact) mass is 362 g/mol. The van der Waals surface area contributed by atoms with Gasteiger partial charge in [-0.3, -0.25) is 9.48 Å². The summed E-state index contributed by atoms with van der Waals surface area (Å²) >= 11 is 0. The van der Waals surface area contributed by atoms with Gasteiger partial charge in [-0.05, 0) is 61.9 Å². The summed E-state index contributed by atoms with van der Waals surface area (Å²) in [4.78, 5) is 12.5. The van der Waals surface area contributed by atoms with E-state index in [0.29, 0.717) is 12.1 Å². The second-order valence-corrected chi connectivity index (χ2v) is 6.72. The standard InChI is InChI=1S/C22H26N4O/c1-4-23-14-19-6-5-7-21(13-19)24-22(27)20-10-8-18(9-11-20)15-26-17(3)12-16(2)25-26/h5-13,23H,4,14-15H2,1-3H3,(H,24,27). The van der Waals surface area contributed by atoms with Crippen molar-refractivity contribution in [3.05, 3.63) is 82.7 Å². The fourth-order valence-electron chi connectivity index (χ4n) is 3.00. The molecular formula is C22H26N4O. The maximum atomic E-state index is 12.5. The normalized spacial score (nSPS) is 10.8. The molecular weight excluding hydrogens is 336 g/mol. The summed E-state index contributed by atoms with van der Waals surface area (Å²) in [5.41, 5.74) is 5.86. The zero-order valence-corrected chi connectivity index (χ0v) is 16.1. The lowest BCUT2D eigenvalue weighted by molar-refractivity contribution is 0.102. The number of anilines is 1. The van der Waals surface area contributed by atoms with Crippen LogP contribution in [0.3, 0.4) is 0 Å². The van der Waals surface area contributed by atoms with Gasteiger partial charge in [0.25, 0.3) is 5.91 Å². The maximum absolute atomic E-state index is 12.5. The van der Waals surface area contributed by atoms with E-state index in [1.807, 2.05) is 67.1 Å². The van der Waals surface area contributed by atoms with Gasteiger partial charge in [0.15, 0.2) is 0 Å². The Hall–Kier alpha value is -2.92. The maximum Gasteiger partial charge on any atom is 0.255 e. The number of amides is 1. The van der Waals surface area contributed by atoms with E-state index in [2.05, 4.69) is 28.7 Å². The highest BCUT2D eigenvalue weighted by atomic mass is 16.1. The van der Waals surface area contributed by atoms with Gasteiger partial charge >= 0.3 is 0 Å². The van der Waals surface area contributed by atoms with Crippen molar-refractivity contribution >= 4 is 11.6 Å². The van der Waals surface area contributed by atoms with E-state index in [1.165, 1.54) is 0 Å². The molecule has 3 aromatic rings. The molecule has 27 heavy (non-hydrogen) atoms. The average molecular weight is 362 g/mol. The van der Waals surface area contributed by atoms with Crippen LogP contribution in [0.2, 0.25) is 0 Å². The number of hydrogen-bond donors (Lipinski definition) is 2. The molecule has 0 aliphatic heterocycles. The molecule has 0 spiro atoms. The van der Waals surface area contributed by atoms with Gasteiger partial charge in [0, 0.05) is 23.5 Å². The number of aromatic nitrogens is 2. The number of hydrogen-bond acceptors (Lipinski definition) is 3. The Morgan fingerprint density at radius 3 is 2.48 bits per heavy atom. The molecule has 140 valence electrons. The third kappa shape index (κ3) is 5.05. The Morgan fingerprint density at radius 1 is 1.04 bits per heavy atom. The van der Waals surface area contributed by atoms with Crippen LogP contribution in [-0.2, 0) is 13.1 Å². The summed E-state index contributed by atoms with van der Waals surface area (Å²) in [5, 5.41) is 10.7. The van der Waals surface area contributed by atoms with E-state index < -0.39 is 0 Å². The van der Waals surface area contributed by atoms with Crippen molar-refractivity contribution in [1.29, 1.82) is 0 Å². The molecule has 0 fully saturated rings. The van der Waals surface area contributed by atoms with E-state index in [4.69, 9.17) is 0 Å². The van der Waals surface area contributed by atoms with Gasteiger partial charge in [-0.15, -0.1) is 0 Å². The lowest BCUT2D eigenvalue weighted by Crippen LogP contribution is -2.14. The van der Waals surface area contributed by atoms with Crippen LogP contribution in [-0.4, -0.2) is 22.2 Å². The average Bonchev–Trinajstić information content (AvgIpc) is 2.98. The molecule has 3 rings (SSSR count). The summed E-state index contributed by atoms with van der Waals surface area (Å²) < 4.78 is 1.97. The van der Waals surface area contributed by atoms with Crippen LogP contribution in [0.15, 0.2) is 54.6 Å². The first-order chi connectivity index (χ1) is 13.0. The molecule has 0 radical (unpaired) electrons. The van der Waals surface area contributed by atoms with Gasteiger partial charge in [0.05, 0.1) is 12.2 Å². The van der Waals surface area contributed by atoms with Crippen molar-refractivity contribution < 1.29 is 4.79 Å². The fourth-order valence-corrected chi connectivity index (χ4v) is 3.00. The number of aryl methyl sites for hydroxylation is 2. The minimum absolute atomic E-state index is 0.103. The number of nitrogens with one attached hydrogen (secondary N) is 2. The summed E-state index contributed by atoms with van der Waals surface area (Å²) in [6, 6.07) is 17.7. The third-order valence-electron chi connectivity index (χ3n) is 4.42. The lowest BCUT2D eigenvalue weighted by atomic mass is 10.1. The van der Waals surface area contributed by atoms with Crippen LogP contribution in [0.4, 0.5) is 5.69 Å². The molecule has 0 unspecified atom stereocenters. The molecule has 0 aliphatic carbocycles. The molecule has 1 aromatic heterocycles. The molecule has 0 aliphatic rings. The predicted octanol–water partition coefficient (Wildman–Crippen LogP) is 3.91. The Kier molecular flexibility index (Phi) is 6.04. The number of carbonyl (C=O) groups excluding carboxylic acids is 1. The van der Waals surface area contributed by atoms with Crippen molar-refractivity contribution in [2.24, 2.45) is 0 Å². The van der Waals surface area contributed by atoms with Crippen LogP contribution in [0.5, 0.6) is 0 Å². The molecule has 5 heteroatoms. The highest BCUT2D eigenvalue weighted by Crippen LogP contribution is 2.14. The Bertz CT molecular complexity index is 912. The molecule has 1 heterocycles. The van der Waals surface area contributed by atoms with E-state index in [-0.39, 0.29) is 5.91 Å². The summed E-state index contributed by atoms with van der Waals surface area (Å²) in [6.45, 7) is 8.52. The van der Waals surface area contributed by atoms with Crippen LogP contribution in [0, 0.1) is 13.8 Å². The third-order valence-corrected chi connectivity index (χ3v) is 4.42. The molecule has 0 saturated heterocycles. The van der Waals surface area contributed by atoms with Crippen molar-refractivity contribution in [1.82, 2.24) is 15.1 Å². The quantitative estimate of drug-likeness (QED) is 0.670. The second kappa shape index (κ2) is 8.64. The van der Waals surface area contributed by atoms with Crippen molar-refractivity contribution in [3.63, 3.8) is 0 Å². The number of rotatable bonds is 7. The smallest absolute Gasteiger partial charge is 0.255 e. The zero-order chi connectivity index (χ0) is 19.2. The molecule has 0 saturated carbocycles. The van der Waals surface area contributed by atoms with Crippen LogP contribution in [0.25, 0.3) is 0 Å². The van der Waals surface area contributed by atoms with Crippen molar-refractivity contribution in [2.45, 2.75) is 33.9 Å². The Labute approximate surface area is 160 Å². The number of nitrogens with zero attached hydrogens (tertiary/aromatic N) is 2. The van der Waals surface area contributed by atoms with Crippen LogP contribution >= 0.6 is 0 Å². The highest BCUT2D eigenvalue weighted by Gasteiger charge is 2.08. The fraction of sp³-hybridized carbons (Fsp3) is 0.273. The minimum Gasteiger partial charge on any atom is -0.322 e. The molecule has 2 N–H and O–H groups in total. The minimum atomic E-state index is -0.103. The topological polar surface area (TPSA) is 58.9 Å². The predicted molar refractivity (Wildman–Crippen MR) is 109 cm³/mol. The van der Waals surface area contributed by atoms with E-state index in [9.17, 15) is 4.79 Å². The van der Waals surface area contributed by atoms with Gasteiger partial charge in [-0.2, -0.15) is 5.10 Å². The van der Waals surface area contributed by atoms with Crippen molar-refractivity contribution in [2.75, 3.05) is 11.9 Å². The zero-order valence-electron chi connectivity index (χ0n) is 16.1. The Balaban J connectivity index is 1.64. The number of benzene rings is 2. The molecule has 1 amide bonds. The summed E-state index contributed by atoms with van der Waals surface area (Å²) in [7, 11) is 0. The van der Waals surface area contributed by atoms with E-state index in [1.54, 1.807) is 0 Å². The SMILES string of the molecule is CCNCc1cccc(NC(=O)c2ccc(Cn3nc(C)cc3C)cc2)c1. The first-order valence-electron chi connectivity index (χ1n) is 9.26. The molecule has 0 atom stereocenters. The van der Waals surface area contributed by atoms with Gasteiger partial charge in [-0.25, -0.2) is 0 Å². The van der Waals surface area contributed by atoms with Crippen LogP contribution < -0.4 is 10.6 Å². The first kappa shape index (κ1) is 18.9. The largest absolute Gasteiger partial charge is 0.322 e. The van der Waals surface area contributed by atoms with E-state index >= 15 is 0 Å². The lowest BCUT2D eigenvalue weighted by Gasteiger charge is -2.09. The van der Waals surface area contributed by atoms with Gasteiger partial charge < -0.3 is 10.6 Å². The summed E-state index contributed by atoms with van der Waals surface area (Å²) in [6.07, 6.45) is 0. The highest BCUT2D eigenvalue weighted by molar-refractivity contribution is 6.04.